The molecular weight excluding hydrogens is 248 g/mol. The van der Waals surface area contributed by atoms with Gasteiger partial charge in [0.1, 0.15) is 5.60 Å². The SMILES string of the molecule is COC(=O)[C@H](NC(=O)OC(C)(C)C)c1ccccn1. The molecule has 1 atom stereocenters. The van der Waals surface area contributed by atoms with Gasteiger partial charge in [0, 0.05) is 6.20 Å². The van der Waals surface area contributed by atoms with Crippen molar-refractivity contribution in [1.29, 1.82) is 0 Å². The summed E-state index contributed by atoms with van der Waals surface area (Å²) < 4.78 is 9.75. The highest BCUT2D eigenvalue weighted by Gasteiger charge is 2.27. The zero-order valence-corrected chi connectivity index (χ0v) is 11.5. The van der Waals surface area contributed by atoms with Gasteiger partial charge in [-0.2, -0.15) is 0 Å². The number of amides is 1. The van der Waals surface area contributed by atoms with E-state index in [1.807, 2.05) is 0 Å². The minimum absolute atomic E-state index is 0.389. The van der Waals surface area contributed by atoms with Crippen LogP contribution in [0.1, 0.15) is 32.5 Å². The molecule has 1 aromatic rings. The first kappa shape index (κ1) is 14.9. The molecule has 104 valence electrons. The molecule has 0 aliphatic carbocycles. The molecule has 0 bridgehead atoms. The van der Waals surface area contributed by atoms with Crippen molar-refractivity contribution in [3.63, 3.8) is 0 Å². The molecule has 0 saturated heterocycles. The zero-order chi connectivity index (χ0) is 14.5. The Hall–Kier alpha value is -2.11. The fourth-order valence-electron chi connectivity index (χ4n) is 1.34. The molecule has 19 heavy (non-hydrogen) atoms. The summed E-state index contributed by atoms with van der Waals surface area (Å²) in [5.74, 6) is -0.607. The first-order valence-electron chi connectivity index (χ1n) is 5.82. The molecule has 1 N–H and O–H groups in total. The van der Waals surface area contributed by atoms with Crippen LogP contribution in [0.25, 0.3) is 0 Å². The van der Waals surface area contributed by atoms with Crippen molar-refractivity contribution in [2.24, 2.45) is 0 Å². The van der Waals surface area contributed by atoms with Crippen LogP contribution in [0.15, 0.2) is 24.4 Å². The Morgan fingerprint density at radius 1 is 1.32 bits per heavy atom. The molecule has 0 aliphatic rings. The number of pyridine rings is 1. The van der Waals surface area contributed by atoms with Crippen molar-refractivity contribution in [2.75, 3.05) is 7.11 Å². The van der Waals surface area contributed by atoms with Crippen LogP contribution < -0.4 is 5.32 Å². The number of hydrogen-bond donors (Lipinski definition) is 1. The van der Waals surface area contributed by atoms with Crippen LogP contribution in [0.2, 0.25) is 0 Å². The lowest BCUT2D eigenvalue weighted by Gasteiger charge is -2.22. The Kier molecular flexibility index (Phi) is 4.86. The smallest absolute Gasteiger partial charge is 0.408 e. The van der Waals surface area contributed by atoms with E-state index in [1.165, 1.54) is 13.3 Å². The van der Waals surface area contributed by atoms with Crippen molar-refractivity contribution >= 4 is 12.1 Å². The average molecular weight is 266 g/mol. The quantitative estimate of drug-likeness (QED) is 0.844. The molecule has 0 aromatic carbocycles. The second-order valence-corrected chi connectivity index (χ2v) is 4.86. The first-order valence-corrected chi connectivity index (χ1v) is 5.82. The van der Waals surface area contributed by atoms with Gasteiger partial charge in [-0.15, -0.1) is 0 Å². The lowest BCUT2D eigenvalue weighted by atomic mass is 10.2. The fraction of sp³-hybridized carbons (Fsp3) is 0.462. The predicted molar refractivity (Wildman–Crippen MR) is 68.4 cm³/mol. The summed E-state index contributed by atoms with van der Waals surface area (Å²) >= 11 is 0. The van der Waals surface area contributed by atoms with Gasteiger partial charge in [0.25, 0.3) is 0 Å². The predicted octanol–water partition coefficient (Wildman–Crippen LogP) is 1.82. The van der Waals surface area contributed by atoms with Gasteiger partial charge < -0.3 is 14.8 Å². The fourth-order valence-corrected chi connectivity index (χ4v) is 1.34. The standard InChI is InChI=1S/C13H18N2O4/c1-13(2,3)19-12(17)15-10(11(16)18-4)9-7-5-6-8-14-9/h5-8,10H,1-4H3,(H,15,17)/t10-/m1/s1. The van der Waals surface area contributed by atoms with E-state index in [0.29, 0.717) is 5.69 Å². The number of rotatable bonds is 3. The zero-order valence-electron chi connectivity index (χ0n) is 11.5. The van der Waals surface area contributed by atoms with E-state index >= 15 is 0 Å². The summed E-state index contributed by atoms with van der Waals surface area (Å²) in [5.41, 5.74) is -0.255. The number of hydrogen-bond acceptors (Lipinski definition) is 5. The molecule has 1 aromatic heterocycles. The van der Waals surface area contributed by atoms with Crippen molar-refractivity contribution in [3.05, 3.63) is 30.1 Å². The molecular formula is C13H18N2O4. The third-order valence-electron chi connectivity index (χ3n) is 2.08. The Labute approximate surface area is 112 Å². The average Bonchev–Trinajstić information content (AvgIpc) is 2.34. The maximum atomic E-state index is 11.7. The van der Waals surface area contributed by atoms with Gasteiger partial charge in [-0.05, 0) is 32.9 Å². The number of carbonyl (C=O) groups is 2. The maximum absolute atomic E-state index is 11.7. The van der Waals surface area contributed by atoms with Crippen molar-refractivity contribution in [2.45, 2.75) is 32.4 Å². The second kappa shape index (κ2) is 6.17. The molecule has 1 heterocycles. The Bertz CT molecular complexity index is 440. The van der Waals surface area contributed by atoms with Crippen molar-refractivity contribution in [3.8, 4) is 0 Å². The van der Waals surface area contributed by atoms with Gasteiger partial charge in [0.2, 0.25) is 0 Å². The van der Waals surface area contributed by atoms with Crippen molar-refractivity contribution in [1.82, 2.24) is 10.3 Å². The van der Waals surface area contributed by atoms with E-state index in [9.17, 15) is 9.59 Å². The topological polar surface area (TPSA) is 77.5 Å². The molecule has 6 heteroatoms. The first-order chi connectivity index (χ1) is 8.83. The third kappa shape index (κ3) is 4.95. The molecule has 0 saturated carbocycles. The van der Waals surface area contributed by atoms with Gasteiger partial charge in [-0.3, -0.25) is 4.98 Å². The van der Waals surface area contributed by atoms with E-state index < -0.39 is 23.7 Å². The maximum Gasteiger partial charge on any atom is 0.408 e. The molecule has 6 nitrogen and oxygen atoms in total. The van der Waals surface area contributed by atoms with E-state index in [1.54, 1.807) is 39.0 Å². The van der Waals surface area contributed by atoms with Crippen LogP contribution in [-0.2, 0) is 14.3 Å². The molecule has 0 aliphatic heterocycles. The number of nitrogens with one attached hydrogen (secondary N) is 1. The summed E-state index contributed by atoms with van der Waals surface area (Å²) in [6.07, 6.45) is 0.829. The van der Waals surface area contributed by atoms with Crippen LogP contribution in [0.3, 0.4) is 0 Å². The number of nitrogens with zero attached hydrogens (tertiary/aromatic N) is 1. The molecule has 1 rings (SSSR count). The lowest BCUT2D eigenvalue weighted by Crippen LogP contribution is -2.38. The molecule has 0 unspecified atom stereocenters. The highest BCUT2D eigenvalue weighted by molar-refractivity contribution is 5.82. The number of aromatic nitrogens is 1. The molecule has 0 fully saturated rings. The minimum Gasteiger partial charge on any atom is -0.467 e. The molecule has 0 radical (unpaired) electrons. The van der Waals surface area contributed by atoms with Crippen LogP contribution in [0.5, 0.6) is 0 Å². The highest BCUT2D eigenvalue weighted by Crippen LogP contribution is 2.13. The van der Waals surface area contributed by atoms with Gasteiger partial charge in [0.15, 0.2) is 6.04 Å². The highest BCUT2D eigenvalue weighted by atomic mass is 16.6. The largest absolute Gasteiger partial charge is 0.467 e. The number of ether oxygens (including phenoxy) is 2. The van der Waals surface area contributed by atoms with E-state index in [0.717, 1.165) is 0 Å². The minimum atomic E-state index is -0.985. The lowest BCUT2D eigenvalue weighted by molar-refractivity contribution is -0.143. The van der Waals surface area contributed by atoms with Crippen LogP contribution in [0.4, 0.5) is 4.79 Å². The van der Waals surface area contributed by atoms with E-state index in [4.69, 9.17) is 4.74 Å². The van der Waals surface area contributed by atoms with Crippen molar-refractivity contribution < 1.29 is 19.1 Å². The van der Waals surface area contributed by atoms with Gasteiger partial charge in [-0.1, -0.05) is 6.07 Å². The van der Waals surface area contributed by atoms with Crippen LogP contribution in [0, 0.1) is 0 Å². The number of esters is 1. The summed E-state index contributed by atoms with van der Waals surface area (Å²) in [5, 5.41) is 2.44. The molecule has 1 amide bonds. The van der Waals surface area contributed by atoms with Gasteiger partial charge >= 0.3 is 12.1 Å². The summed E-state index contributed by atoms with van der Waals surface area (Å²) in [7, 11) is 1.25. The third-order valence-corrected chi connectivity index (χ3v) is 2.08. The summed E-state index contributed by atoms with van der Waals surface area (Å²) in [6, 6.07) is 4.07. The molecule has 0 spiro atoms. The van der Waals surface area contributed by atoms with Crippen LogP contribution >= 0.6 is 0 Å². The number of methoxy groups -OCH3 is 1. The Balaban J connectivity index is 2.83. The second-order valence-electron chi connectivity index (χ2n) is 4.86. The van der Waals surface area contributed by atoms with Gasteiger partial charge in [-0.25, -0.2) is 9.59 Å². The van der Waals surface area contributed by atoms with Gasteiger partial charge in [0.05, 0.1) is 12.8 Å². The number of carbonyl (C=O) groups excluding carboxylic acids is 2. The number of alkyl carbamates (subject to hydrolysis) is 1. The van der Waals surface area contributed by atoms with E-state index in [2.05, 4.69) is 15.0 Å². The summed E-state index contributed by atoms with van der Waals surface area (Å²) in [6.45, 7) is 5.21. The van der Waals surface area contributed by atoms with E-state index in [-0.39, 0.29) is 0 Å². The van der Waals surface area contributed by atoms with Crippen LogP contribution in [-0.4, -0.2) is 29.8 Å². The monoisotopic (exact) mass is 266 g/mol. The normalized spacial score (nSPS) is 12.4. The summed E-state index contributed by atoms with van der Waals surface area (Å²) in [4.78, 5) is 27.4. The Morgan fingerprint density at radius 3 is 2.47 bits per heavy atom. The Morgan fingerprint density at radius 2 is 2.00 bits per heavy atom.